The molecule has 0 bridgehead atoms. The Morgan fingerprint density at radius 2 is 1.55 bits per heavy atom. The quantitative estimate of drug-likeness (QED) is 0.477. The van der Waals surface area contributed by atoms with Crippen LogP contribution < -0.4 is 5.14 Å². The van der Waals surface area contributed by atoms with E-state index in [1.54, 1.807) is 43.3 Å². The number of sulfonamides is 1. The third-order valence-electron chi connectivity index (χ3n) is 4.64. The van der Waals surface area contributed by atoms with Gasteiger partial charge in [0.25, 0.3) is 0 Å². The zero-order valence-electron chi connectivity index (χ0n) is 17.1. The highest BCUT2D eigenvalue weighted by atomic mass is 32.2. The summed E-state index contributed by atoms with van der Waals surface area (Å²) in [7, 11) is -3.88. The summed E-state index contributed by atoms with van der Waals surface area (Å²) < 4.78 is 61.7. The zero-order valence-corrected chi connectivity index (χ0v) is 17.9. The predicted molar refractivity (Wildman–Crippen MR) is 115 cm³/mol. The smallest absolute Gasteiger partial charge is 0.251 e. The summed E-state index contributed by atoms with van der Waals surface area (Å²) in [6.07, 6.45) is -3.42. The lowest BCUT2D eigenvalue weighted by atomic mass is 10.1. The third kappa shape index (κ3) is 5.04. The van der Waals surface area contributed by atoms with Crippen molar-refractivity contribution in [1.82, 2.24) is 19.9 Å². The number of alkyl halides is 3. The van der Waals surface area contributed by atoms with E-state index < -0.39 is 21.9 Å². The molecule has 0 spiro atoms. The Labute approximate surface area is 187 Å². The van der Waals surface area contributed by atoms with Gasteiger partial charge in [-0.25, -0.2) is 28.5 Å². The molecule has 0 aliphatic heterocycles. The molecule has 7 nitrogen and oxygen atoms in total. The highest BCUT2D eigenvalue weighted by Crippen LogP contribution is 2.29. The first-order chi connectivity index (χ1) is 15.5. The van der Waals surface area contributed by atoms with E-state index in [2.05, 4.69) is 19.9 Å². The van der Waals surface area contributed by atoms with Gasteiger partial charge in [-0.15, -0.1) is 0 Å². The monoisotopic (exact) mass is 471 g/mol. The Kier molecular flexibility index (Phi) is 5.68. The van der Waals surface area contributed by atoms with Gasteiger partial charge in [0.05, 0.1) is 16.3 Å². The maximum atomic E-state index is 12.8. The summed E-state index contributed by atoms with van der Waals surface area (Å²) in [4.78, 5) is 16.8. The van der Waals surface area contributed by atoms with E-state index in [1.807, 2.05) is 0 Å². The molecular formula is C22H16F3N5O2S. The van der Waals surface area contributed by atoms with Crippen LogP contribution in [0.25, 0.3) is 34.0 Å². The van der Waals surface area contributed by atoms with Gasteiger partial charge in [-0.2, -0.15) is 13.2 Å². The summed E-state index contributed by atoms with van der Waals surface area (Å²) in [5.74, 6) is 0.259. The first-order valence-corrected chi connectivity index (χ1v) is 11.1. The second kappa shape index (κ2) is 8.34. The molecule has 4 rings (SSSR count). The number of aromatic nitrogens is 4. The van der Waals surface area contributed by atoms with Crippen LogP contribution in [0.3, 0.4) is 0 Å². The molecule has 3 heterocycles. The fourth-order valence-electron chi connectivity index (χ4n) is 3.10. The number of aryl methyl sites for hydroxylation is 1. The van der Waals surface area contributed by atoms with Crippen LogP contribution in [0.4, 0.5) is 13.2 Å². The summed E-state index contributed by atoms with van der Waals surface area (Å²) in [5, 5.41) is 5.21. The maximum Gasteiger partial charge on any atom is 0.433 e. The molecule has 0 aliphatic rings. The molecular weight excluding hydrogens is 455 g/mol. The summed E-state index contributed by atoms with van der Waals surface area (Å²) in [6, 6.07) is 15.0. The molecule has 0 radical (unpaired) electrons. The molecule has 11 heteroatoms. The maximum absolute atomic E-state index is 12.8. The molecule has 2 N–H and O–H groups in total. The zero-order chi connectivity index (χ0) is 23.8. The fraction of sp³-hybridized carbons (Fsp3) is 0.0909. The van der Waals surface area contributed by atoms with Gasteiger partial charge in [0.2, 0.25) is 10.0 Å². The van der Waals surface area contributed by atoms with E-state index in [9.17, 15) is 21.6 Å². The van der Waals surface area contributed by atoms with Crippen molar-refractivity contribution < 1.29 is 21.6 Å². The van der Waals surface area contributed by atoms with Crippen LogP contribution in [0.1, 0.15) is 11.4 Å². The highest BCUT2D eigenvalue weighted by molar-refractivity contribution is 7.89. The number of nitrogens with two attached hydrogens (primary N) is 1. The van der Waals surface area contributed by atoms with Gasteiger partial charge in [-0.3, -0.25) is 4.98 Å². The number of hydrogen-bond acceptors (Lipinski definition) is 6. The molecule has 1 aromatic carbocycles. The van der Waals surface area contributed by atoms with Crippen molar-refractivity contribution in [3.8, 4) is 34.0 Å². The predicted octanol–water partition coefficient (Wildman–Crippen LogP) is 4.24. The minimum Gasteiger partial charge on any atom is -0.251 e. The van der Waals surface area contributed by atoms with Crippen molar-refractivity contribution in [1.29, 1.82) is 0 Å². The Balaban J connectivity index is 1.73. The molecule has 0 aliphatic carbocycles. The van der Waals surface area contributed by atoms with E-state index in [-0.39, 0.29) is 10.7 Å². The highest BCUT2D eigenvalue weighted by Gasteiger charge is 2.32. The largest absolute Gasteiger partial charge is 0.433 e. The topological polar surface area (TPSA) is 112 Å². The Morgan fingerprint density at radius 3 is 2.21 bits per heavy atom. The van der Waals surface area contributed by atoms with Crippen molar-refractivity contribution in [2.24, 2.45) is 5.14 Å². The Bertz CT molecular complexity index is 1440. The molecule has 0 atom stereocenters. The molecule has 0 saturated carbocycles. The van der Waals surface area contributed by atoms with Gasteiger partial charge in [0.15, 0.2) is 5.82 Å². The standard InChI is InChI=1S/C22H16F3N5O2S/c1-13-10-19(15-8-9-20(27-12-15)22(23,24)25)30-21(28-13)18-7-3-6-17(29-18)14-4-2-5-16(11-14)33(26,31)32/h2-12H,1H3,(H2,26,31,32). The number of nitrogens with zero attached hydrogens (tertiary/aromatic N) is 4. The van der Waals surface area contributed by atoms with E-state index in [1.165, 1.54) is 18.2 Å². The second-order valence-electron chi connectivity index (χ2n) is 7.13. The lowest BCUT2D eigenvalue weighted by Gasteiger charge is -2.09. The van der Waals surface area contributed by atoms with Crippen molar-refractivity contribution in [3.63, 3.8) is 0 Å². The summed E-state index contributed by atoms with van der Waals surface area (Å²) >= 11 is 0. The van der Waals surface area contributed by atoms with Gasteiger partial charge in [-0.05, 0) is 49.4 Å². The lowest BCUT2D eigenvalue weighted by molar-refractivity contribution is -0.141. The van der Waals surface area contributed by atoms with Gasteiger partial charge in [0.1, 0.15) is 11.4 Å². The van der Waals surface area contributed by atoms with Gasteiger partial charge in [0, 0.05) is 23.0 Å². The van der Waals surface area contributed by atoms with Gasteiger partial charge in [-0.1, -0.05) is 18.2 Å². The second-order valence-corrected chi connectivity index (χ2v) is 8.69. The normalized spacial score (nSPS) is 12.0. The van der Waals surface area contributed by atoms with Crippen LogP contribution in [0, 0.1) is 6.92 Å². The van der Waals surface area contributed by atoms with Crippen LogP contribution in [-0.2, 0) is 16.2 Å². The number of halogens is 3. The van der Waals surface area contributed by atoms with Crippen molar-refractivity contribution in [2.75, 3.05) is 0 Å². The third-order valence-corrected chi connectivity index (χ3v) is 5.55. The first kappa shape index (κ1) is 22.5. The molecule has 168 valence electrons. The van der Waals surface area contributed by atoms with Crippen LogP contribution in [0.5, 0.6) is 0 Å². The average Bonchev–Trinajstić information content (AvgIpc) is 2.78. The van der Waals surface area contributed by atoms with Crippen LogP contribution in [-0.4, -0.2) is 28.4 Å². The number of benzene rings is 1. The number of primary sulfonamides is 1. The fourth-order valence-corrected chi connectivity index (χ4v) is 3.66. The van der Waals surface area contributed by atoms with E-state index >= 15 is 0 Å². The minimum absolute atomic E-state index is 0.0453. The SMILES string of the molecule is Cc1cc(-c2ccc(C(F)(F)F)nc2)nc(-c2cccc(-c3cccc(S(N)(=O)=O)c3)n2)n1. The van der Waals surface area contributed by atoms with Crippen LogP contribution in [0.15, 0.2) is 71.8 Å². The molecule has 4 aromatic rings. The van der Waals surface area contributed by atoms with Crippen molar-refractivity contribution in [2.45, 2.75) is 18.0 Å². The number of rotatable bonds is 4. The van der Waals surface area contributed by atoms with Crippen LogP contribution in [0.2, 0.25) is 0 Å². The summed E-state index contributed by atoms with van der Waals surface area (Å²) in [6.45, 7) is 1.73. The summed E-state index contributed by atoms with van der Waals surface area (Å²) in [5.41, 5.74) is 1.78. The van der Waals surface area contributed by atoms with E-state index in [0.717, 1.165) is 12.3 Å². The molecule has 3 aromatic heterocycles. The van der Waals surface area contributed by atoms with Crippen molar-refractivity contribution in [3.05, 3.63) is 78.2 Å². The number of hydrogen-bond donors (Lipinski definition) is 1. The van der Waals surface area contributed by atoms with Gasteiger partial charge < -0.3 is 0 Å². The Morgan fingerprint density at radius 1 is 0.818 bits per heavy atom. The van der Waals surface area contributed by atoms with Crippen molar-refractivity contribution >= 4 is 10.0 Å². The molecule has 0 fully saturated rings. The van der Waals surface area contributed by atoms with Crippen LogP contribution >= 0.6 is 0 Å². The van der Waals surface area contributed by atoms with E-state index in [4.69, 9.17) is 5.14 Å². The molecule has 0 saturated heterocycles. The molecule has 33 heavy (non-hydrogen) atoms. The first-order valence-electron chi connectivity index (χ1n) is 9.51. The lowest BCUT2D eigenvalue weighted by Crippen LogP contribution is -2.12. The Hall–Kier alpha value is -3.70. The number of pyridine rings is 2. The van der Waals surface area contributed by atoms with E-state index in [0.29, 0.717) is 33.9 Å². The van der Waals surface area contributed by atoms with Gasteiger partial charge >= 0.3 is 6.18 Å². The minimum atomic E-state index is -4.53. The average molecular weight is 471 g/mol. The molecule has 0 amide bonds. The molecule has 0 unspecified atom stereocenters.